The van der Waals surface area contributed by atoms with Gasteiger partial charge in [-0.2, -0.15) is 0 Å². The number of benzene rings is 2. The lowest BCUT2D eigenvalue weighted by Gasteiger charge is -2.26. The molecule has 0 radical (unpaired) electrons. The van der Waals surface area contributed by atoms with Crippen LogP contribution in [-0.4, -0.2) is 41.5 Å². The molecule has 1 atom stereocenters. The standard InChI is InChI=1S/C28H30Cl2N4O2/c29-24-4-1-5-25(30)23(24)17-36-26-13-21(14-33-27(26)31)19-8-10-20(11-9-19)28(35)34(15-18-6-7-18)16-22-3-2-12-32-22/h1,4-5,8-11,13-14,18,22,32H,2-3,6-7,12,15-17H2,(H2,31,33). The summed E-state index contributed by atoms with van der Waals surface area (Å²) in [5.74, 6) is 1.47. The molecule has 2 heterocycles. The summed E-state index contributed by atoms with van der Waals surface area (Å²) in [6.07, 6.45) is 6.45. The first-order chi connectivity index (χ1) is 17.5. The smallest absolute Gasteiger partial charge is 0.253 e. The van der Waals surface area contributed by atoms with Crippen LogP contribution in [0.1, 0.15) is 41.6 Å². The van der Waals surface area contributed by atoms with Crippen molar-refractivity contribution in [2.75, 3.05) is 25.4 Å². The fourth-order valence-corrected chi connectivity index (χ4v) is 5.07. The van der Waals surface area contributed by atoms with Crippen LogP contribution in [0.5, 0.6) is 5.75 Å². The lowest BCUT2D eigenvalue weighted by molar-refractivity contribution is 0.0733. The van der Waals surface area contributed by atoms with Gasteiger partial charge in [0.05, 0.1) is 0 Å². The molecule has 36 heavy (non-hydrogen) atoms. The summed E-state index contributed by atoms with van der Waals surface area (Å²) in [5.41, 5.74) is 9.21. The minimum Gasteiger partial charge on any atom is -0.485 e. The number of nitrogen functional groups attached to an aromatic ring is 1. The monoisotopic (exact) mass is 524 g/mol. The van der Waals surface area contributed by atoms with Crippen LogP contribution >= 0.6 is 23.2 Å². The van der Waals surface area contributed by atoms with E-state index in [0.29, 0.717) is 38.9 Å². The van der Waals surface area contributed by atoms with Crippen molar-refractivity contribution in [3.8, 4) is 16.9 Å². The van der Waals surface area contributed by atoms with E-state index >= 15 is 0 Å². The molecule has 1 amide bonds. The first-order valence-electron chi connectivity index (χ1n) is 12.4. The molecule has 1 aliphatic heterocycles. The molecule has 1 saturated carbocycles. The third kappa shape index (κ3) is 5.94. The highest BCUT2D eigenvalue weighted by molar-refractivity contribution is 6.35. The second kappa shape index (κ2) is 11.1. The number of nitrogens with zero attached hydrogens (tertiary/aromatic N) is 2. The number of pyridine rings is 1. The average Bonchev–Trinajstić information content (AvgIpc) is 3.55. The predicted molar refractivity (Wildman–Crippen MR) is 145 cm³/mol. The summed E-state index contributed by atoms with van der Waals surface area (Å²) in [4.78, 5) is 19.7. The molecule has 2 aromatic carbocycles. The van der Waals surface area contributed by atoms with Crippen LogP contribution in [0.3, 0.4) is 0 Å². The van der Waals surface area contributed by atoms with E-state index in [-0.39, 0.29) is 18.3 Å². The molecule has 1 aromatic heterocycles. The lowest BCUT2D eigenvalue weighted by atomic mass is 10.0. The van der Waals surface area contributed by atoms with Gasteiger partial charge in [0.1, 0.15) is 6.61 Å². The zero-order valence-corrected chi connectivity index (χ0v) is 21.6. The maximum Gasteiger partial charge on any atom is 0.253 e. The molecular weight excluding hydrogens is 495 g/mol. The SMILES string of the molecule is Nc1ncc(-c2ccc(C(=O)N(CC3CC3)CC3CCCN3)cc2)cc1OCc1c(Cl)cccc1Cl. The molecule has 3 N–H and O–H groups in total. The van der Waals surface area contributed by atoms with E-state index in [1.54, 1.807) is 24.4 Å². The number of halogens is 2. The first-order valence-corrected chi connectivity index (χ1v) is 13.2. The largest absolute Gasteiger partial charge is 0.485 e. The van der Waals surface area contributed by atoms with Gasteiger partial charge in [-0.3, -0.25) is 4.79 Å². The second-order valence-corrected chi connectivity index (χ2v) is 10.4. The van der Waals surface area contributed by atoms with Gasteiger partial charge in [-0.05, 0) is 74.0 Å². The number of nitrogens with one attached hydrogen (secondary N) is 1. The number of anilines is 1. The van der Waals surface area contributed by atoms with Gasteiger partial charge in [0, 0.05) is 52.1 Å². The Morgan fingerprint density at radius 3 is 2.47 bits per heavy atom. The summed E-state index contributed by atoms with van der Waals surface area (Å²) in [6, 6.07) is 15.2. The third-order valence-electron chi connectivity index (χ3n) is 6.85. The number of ether oxygens (including phenoxy) is 1. The fraction of sp³-hybridized carbons (Fsp3) is 0.357. The number of rotatable bonds is 9. The molecule has 8 heteroatoms. The molecule has 6 nitrogen and oxygen atoms in total. The maximum atomic E-state index is 13.3. The number of hydrogen-bond acceptors (Lipinski definition) is 5. The van der Waals surface area contributed by atoms with E-state index in [0.717, 1.165) is 37.2 Å². The number of carbonyl (C=O) groups excluding carboxylic acids is 1. The van der Waals surface area contributed by atoms with Crippen molar-refractivity contribution in [2.45, 2.75) is 38.3 Å². The van der Waals surface area contributed by atoms with Crippen molar-refractivity contribution in [1.82, 2.24) is 15.2 Å². The fourth-order valence-electron chi connectivity index (χ4n) is 4.57. The Kier molecular flexibility index (Phi) is 7.65. The number of nitrogens with two attached hydrogens (primary N) is 1. The van der Waals surface area contributed by atoms with Gasteiger partial charge in [-0.1, -0.05) is 41.4 Å². The van der Waals surface area contributed by atoms with Gasteiger partial charge in [0.25, 0.3) is 5.91 Å². The van der Waals surface area contributed by atoms with E-state index in [1.807, 2.05) is 35.2 Å². The van der Waals surface area contributed by atoms with Gasteiger partial charge < -0.3 is 20.7 Å². The molecule has 1 unspecified atom stereocenters. The molecule has 2 fully saturated rings. The third-order valence-corrected chi connectivity index (χ3v) is 7.55. The Balaban J connectivity index is 1.29. The van der Waals surface area contributed by atoms with E-state index in [4.69, 9.17) is 33.7 Å². The zero-order valence-electron chi connectivity index (χ0n) is 20.1. The van der Waals surface area contributed by atoms with Crippen LogP contribution in [0.25, 0.3) is 11.1 Å². The van der Waals surface area contributed by atoms with E-state index < -0.39 is 0 Å². The van der Waals surface area contributed by atoms with Crippen molar-refractivity contribution >= 4 is 34.9 Å². The molecule has 3 aromatic rings. The van der Waals surface area contributed by atoms with Crippen LogP contribution in [-0.2, 0) is 6.61 Å². The normalized spacial score (nSPS) is 17.2. The predicted octanol–water partition coefficient (Wildman–Crippen LogP) is 5.82. The topological polar surface area (TPSA) is 80.5 Å². The van der Waals surface area contributed by atoms with Crippen molar-refractivity contribution < 1.29 is 9.53 Å². The highest BCUT2D eigenvalue weighted by Gasteiger charge is 2.29. The van der Waals surface area contributed by atoms with Gasteiger partial charge in [-0.25, -0.2) is 4.98 Å². The van der Waals surface area contributed by atoms with Crippen molar-refractivity contribution in [3.63, 3.8) is 0 Å². The Labute approximate surface area is 221 Å². The molecule has 1 saturated heterocycles. The Morgan fingerprint density at radius 2 is 1.81 bits per heavy atom. The van der Waals surface area contributed by atoms with Gasteiger partial charge in [-0.15, -0.1) is 0 Å². The highest BCUT2D eigenvalue weighted by atomic mass is 35.5. The van der Waals surface area contributed by atoms with Crippen molar-refractivity contribution in [2.24, 2.45) is 5.92 Å². The van der Waals surface area contributed by atoms with Crippen molar-refractivity contribution in [3.05, 3.63) is 75.9 Å². The zero-order chi connectivity index (χ0) is 25.1. The molecule has 5 rings (SSSR count). The molecule has 188 valence electrons. The molecular formula is C28H30Cl2N4O2. The summed E-state index contributed by atoms with van der Waals surface area (Å²) in [7, 11) is 0. The summed E-state index contributed by atoms with van der Waals surface area (Å²) in [5, 5.41) is 4.58. The van der Waals surface area contributed by atoms with Gasteiger partial charge in [0.2, 0.25) is 0 Å². The Hall–Kier alpha value is -2.80. The Morgan fingerprint density at radius 1 is 1.06 bits per heavy atom. The van der Waals surface area contributed by atoms with E-state index in [1.165, 1.54) is 19.3 Å². The van der Waals surface area contributed by atoms with Crippen LogP contribution in [0.2, 0.25) is 10.0 Å². The number of hydrogen-bond donors (Lipinski definition) is 2. The summed E-state index contributed by atoms with van der Waals surface area (Å²) >= 11 is 12.5. The summed E-state index contributed by atoms with van der Waals surface area (Å²) < 4.78 is 5.92. The first kappa shape index (κ1) is 24.9. The minimum atomic E-state index is 0.0956. The molecule has 0 bridgehead atoms. The Bertz CT molecular complexity index is 1200. The maximum absolute atomic E-state index is 13.3. The number of carbonyl (C=O) groups is 1. The second-order valence-electron chi connectivity index (χ2n) is 9.62. The van der Waals surface area contributed by atoms with Crippen LogP contribution in [0.15, 0.2) is 54.7 Å². The quantitative estimate of drug-likeness (QED) is 0.368. The van der Waals surface area contributed by atoms with Gasteiger partial charge >= 0.3 is 0 Å². The van der Waals surface area contributed by atoms with Crippen molar-refractivity contribution in [1.29, 1.82) is 0 Å². The van der Waals surface area contributed by atoms with E-state index in [2.05, 4.69) is 10.3 Å². The van der Waals surface area contributed by atoms with E-state index in [9.17, 15) is 4.79 Å². The molecule has 0 spiro atoms. The minimum absolute atomic E-state index is 0.0956. The van der Waals surface area contributed by atoms with Crippen LogP contribution in [0, 0.1) is 5.92 Å². The average molecular weight is 525 g/mol. The highest BCUT2D eigenvalue weighted by Crippen LogP contribution is 2.32. The van der Waals surface area contributed by atoms with Gasteiger partial charge in [0.15, 0.2) is 11.6 Å². The summed E-state index contributed by atoms with van der Waals surface area (Å²) in [6.45, 7) is 2.83. The molecule has 2 aliphatic rings. The number of aromatic nitrogens is 1. The van der Waals surface area contributed by atoms with Crippen LogP contribution in [0.4, 0.5) is 5.82 Å². The van der Waals surface area contributed by atoms with Crippen LogP contribution < -0.4 is 15.8 Å². The lowest BCUT2D eigenvalue weighted by Crippen LogP contribution is -2.42. The number of amides is 1. The molecule has 1 aliphatic carbocycles.